The predicted molar refractivity (Wildman–Crippen MR) is 92.0 cm³/mol. The Morgan fingerprint density at radius 3 is 2.22 bits per heavy atom. The van der Waals surface area contributed by atoms with Gasteiger partial charge in [-0.2, -0.15) is 0 Å². The molecule has 0 atom stereocenters. The predicted octanol–water partition coefficient (Wildman–Crippen LogP) is 4.74. The number of hydrogen-bond donors (Lipinski definition) is 1. The van der Waals surface area contributed by atoms with Gasteiger partial charge in [-0.25, -0.2) is 0 Å². The maximum atomic E-state index is 8.92. The van der Waals surface area contributed by atoms with Crippen molar-refractivity contribution in [3.8, 4) is 16.9 Å². The lowest BCUT2D eigenvalue weighted by atomic mass is 9.99. The third-order valence-electron chi connectivity index (χ3n) is 3.55. The van der Waals surface area contributed by atoms with E-state index in [9.17, 15) is 0 Å². The first-order valence-electron chi connectivity index (χ1n) is 7.41. The topological polar surface area (TPSA) is 41.8 Å². The number of benzene rings is 3. The molecule has 0 aliphatic carbocycles. The van der Waals surface area contributed by atoms with Crippen molar-refractivity contribution in [3.63, 3.8) is 0 Å². The van der Waals surface area contributed by atoms with Gasteiger partial charge in [-0.15, -0.1) is 0 Å². The Balaban J connectivity index is 1.97. The molecule has 3 aromatic rings. The van der Waals surface area contributed by atoms with Crippen molar-refractivity contribution in [3.05, 3.63) is 90.0 Å². The highest BCUT2D eigenvalue weighted by Crippen LogP contribution is 2.33. The lowest BCUT2D eigenvalue weighted by Gasteiger charge is -2.14. The molecule has 0 saturated carbocycles. The van der Waals surface area contributed by atoms with Crippen molar-refractivity contribution >= 4 is 6.21 Å². The van der Waals surface area contributed by atoms with E-state index >= 15 is 0 Å². The van der Waals surface area contributed by atoms with Gasteiger partial charge in [0.1, 0.15) is 12.4 Å². The minimum atomic E-state index is 0.487. The Bertz CT molecular complexity index is 783. The molecular weight excluding hydrogens is 286 g/mol. The second-order valence-corrected chi connectivity index (χ2v) is 5.11. The van der Waals surface area contributed by atoms with Crippen LogP contribution in [0.2, 0.25) is 0 Å². The molecular formula is C20H17NO2. The van der Waals surface area contributed by atoms with Crippen LogP contribution in [0, 0.1) is 0 Å². The van der Waals surface area contributed by atoms with Gasteiger partial charge in [-0.3, -0.25) is 0 Å². The molecule has 0 fully saturated rings. The summed E-state index contributed by atoms with van der Waals surface area (Å²) in [5, 5.41) is 12.1. The molecule has 0 aliphatic rings. The molecule has 0 unspecified atom stereocenters. The number of rotatable bonds is 5. The van der Waals surface area contributed by atoms with Crippen molar-refractivity contribution in [2.45, 2.75) is 6.61 Å². The maximum absolute atomic E-state index is 8.92. The normalized spacial score (nSPS) is 10.8. The first-order valence-corrected chi connectivity index (χ1v) is 7.41. The molecule has 0 heterocycles. The molecule has 3 nitrogen and oxygen atoms in total. The van der Waals surface area contributed by atoms with E-state index in [2.05, 4.69) is 5.16 Å². The molecule has 0 spiro atoms. The van der Waals surface area contributed by atoms with E-state index in [0.717, 1.165) is 28.0 Å². The average Bonchev–Trinajstić information content (AvgIpc) is 2.62. The zero-order chi connectivity index (χ0) is 15.9. The molecule has 0 bridgehead atoms. The molecule has 3 aromatic carbocycles. The van der Waals surface area contributed by atoms with Gasteiger partial charge in [0, 0.05) is 11.1 Å². The first kappa shape index (κ1) is 14.9. The molecule has 1 N–H and O–H groups in total. The van der Waals surface area contributed by atoms with Crippen LogP contribution in [-0.4, -0.2) is 11.4 Å². The highest BCUT2D eigenvalue weighted by Gasteiger charge is 2.11. The van der Waals surface area contributed by atoms with E-state index in [0.29, 0.717) is 6.61 Å². The van der Waals surface area contributed by atoms with Gasteiger partial charge in [-0.1, -0.05) is 78.0 Å². The molecule has 23 heavy (non-hydrogen) atoms. The molecule has 3 rings (SSSR count). The summed E-state index contributed by atoms with van der Waals surface area (Å²) in [4.78, 5) is 0. The Labute approximate surface area is 135 Å². The fraction of sp³-hybridized carbons (Fsp3) is 0.0500. The van der Waals surface area contributed by atoms with Crippen LogP contribution < -0.4 is 4.74 Å². The molecule has 0 aromatic heterocycles. The van der Waals surface area contributed by atoms with Crippen LogP contribution in [-0.2, 0) is 6.61 Å². The fourth-order valence-corrected chi connectivity index (χ4v) is 2.49. The third-order valence-corrected chi connectivity index (χ3v) is 3.55. The third kappa shape index (κ3) is 3.58. The zero-order valence-electron chi connectivity index (χ0n) is 12.6. The van der Waals surface area contributed by atoms with Crippen LogP contribution in [0.5, 0.6) is 5.75 Å². The average molecular weight is 303 g/mol. The Kier molecular flexibility index (Phi) is 4.69. The van der Waals surface area contributed by atoms with Crippen LogP contribution >= 0.6 is 0 Å². The molecule has 3 heteroatoms. The summed E-state index contributed by atoms with van der Waals surface area (Å²) in [7, 11) is 0. The summed E-state index contributed by atoms with van der Waals surface area (Å²) in [6.07, 6.45) is 1.43. The lowest BCUT2D eigenvalue weighted by molar-refractivity contribution is 0.307. The van der Waals surface area contributed by atoms with Gasteiger partial charge in [0.15, 0.2) is 0 Å². The summed E-state index contributed by atoms with van der Waals surface area (Å²) < 4.78 is 6.02. The van der Waals surface area contributed by atoms with E-state index < -0.39 is 0 Å². The summed E-state index contributed by atoms with van der Waals surface area (Å²) in [5.41, 5.74) is 3.85. The van der Waals surface area contributed by atoms with Crippen LogP contribution in [0.3, 0.4) is 0 Å². The Morgan fingerprint density at radius 2 is 1.52 bits per heavy atom. The summed E-state index contributed by atoms with van der Waals surface area (Å²) in [6.45, 7) is 0.487. The molecule has 0 aliphatic heterocycles. The molecule has 114 valence electrons. The first-order chi connectivity index (χ1) is 11.4. The quantitative estimate of drug-likeness (QED) is 0.420. The van der Waals surface area contributed by atoms with E-state index in [4.69, 9.17) is 9.94 Å². The lowest BCUT2D eigenvalue weighted by Crippen LogP contribution is -1.99. The van der Waals surface area contributed by atoms with Crippen molar-refractivity contribution in [1.82, 2.24) is 0 Å². The number of nitrogens with zero attached hydrogens (tertiary/aromatic N) is 1. The maximum Gasteiger partial charge on any atom is 0.128 e. The van der Waals surface area contributed by atoms with Crippen LogP contribution in [0.4, 0.5) is 0 Å². The highest BCUT2D eigenvalue weighted by atomic mass is 16.5. The van der Waals surface area contributed by atoms with Crippen molar-refractivity contribution in [2.24, 2.45) is 5.16 Å². The second-order valence-electron chi connectivity index (χ2n) is 5.11. The minimum Gasteiger partial charge on any atom is -0.488 e. The minimum absolute atomic E-state index is 0.487. The van der Waals surface area contributed by atoms with Gasteiger partial charge in [0.2, 0.25) is 0 Å². The van der Waals surface area contributed by atoms with E-state index in [1.165, 1.54) is 6.21 Å². The van der Waals surface area contributed by atoms with Crippen LogP contribution in [0.15, 0.2) is 84.0 Å². The summed E-state index contributed by atoms with van der Waals surface area (Å²) in [6, 6.07) is 25.7. The number of hydrogen-bond acceptors (Lipinski definition) is 3. The summed E-state index contributed by atoms with van der Waals surface area (Å²) >= 11 is 0. The monoisotopic (exact) mass is 303 g/mol. The van der Waals surface area contributed by atoms with Crippen LogP contribution in [0.25, 0.3) is 11.1 Å². The fourth-order valence-electron chi connectivity index (χ4n) is 2.49. The molecule has 0 saturated heterocycles. The van der Waals surface area contributed by atoms with E-state index in [1.807, 2.05) is 78.9 Å². The van der Waals surface area contributed by atoms with Crippen molar-refractivity contribution < 1.29 is 9.94 Å². The van der Waals surface area contributed by atoms with Crippen LogP contribution in [0.1, 0.15) is 11.1 Å². The van der Waals surface area contributed by atoms with E-state index in [-0.39, 0.29) is 0 Å². The highest BCUT2D eigenvalue weighted by molar-refractivity contribution is 5.92. The summed E-state index contributed by atoms with van der Waals surface area (Å²) in [5.74, 6) is 0.762. The van der Waals surface area contributed by atoms with Gasteiger partial charge in [0.05, 0.1) is 6.21 Å². The van der Waals surface area contributed by atoms with Gasteiger partial charge < -0.3 is 9.94 Å². The smallest absolute Gasteiger partial charge is 0.128 e. The van der Waals surface area contributed by atoms with Crippen molar-refractivity contribution in [2.75, 3.05) is 0 Å². The zero-order valence-corrected chi connectivity index (χ0v) is 12.6. The molecule has 0 radical (unpaired) electrons. The Hall–Kier alpha value is -3.07. The van der Waals surface area contributed by atoms with E-state index in [1.54, 1.807) is 0 Å². The van der Waals surface area contributed by atoms with Gasteiger partial charge >= 0.3 is 0 Å². The number of ether oxygens (including phenoxy) is 1. The second kappa shape index (κ2) is 7.27. The SMILES string of the molecule is ON=Cc1cccc(OCc2ccccc2)c1-c1ccccc1. The van der Waals surface area contributed by atoms with Crippen molar-refractivity contribution in [1.29, 1.82) is 0 Å². The van der Waals surface area contributed by atoms with Gasteiger partial charge in [-0.05, 0) is 17.2 Å². The molecule has 0 amide bonds. The number of oxime groups is 1. The standard InChI is InChI=1S/C20H17NO2/c22-21-14-18-12-7-13-19(20(18)17-10-5-2-6-11-17)23-15-16-8-3-1-4-9-16/h1-14,22H,15H2. The largest absolute Gasteiger partial charge is 0.488 e. The van der Waals surface area contributed by atoms with Gasteiger partial charge in [0.25, 0.3) is 0 Å². The Morgan fingerprint density at radius 1 is 0.826 bits per heavy atom.